The lowest BCUT2D eigenvalue weighted by molar-refractivity contribution is 0.132. The lowest BCUT2D eigenvalue weighted by Gasteiger charge is -2.05. The zero-order valence-corrected chi connectivity index (χ0v) is 7.99. The third-order valence-corrected chi connectivity index (χ3v) is 2.61. The van der Waals surface area contributed by atoms with Crippen molar-refractivity contribution in [2.24, 2.45) is 5.92 Å². The summed E-state index contributed by atoms with van der Waals surface area (Å²) in [5, 5.41) is 9.75. The maximum atomic E-state index is 9.75. The van der Waals surface area contributed by atoms with E-state index in [1.807, 2.05) is 12.1 Å². The second-order valence-electron chi connectivity index (χ2n) is 3.85. The number of rotatable bonds is 4. The van der Waals surface area contributed by atoms with Gasteiger partial charge in [-0.1, -0.05) is 19.8 Å². The topological polar surface area (TPSA) is 33.4 Å². The van der Waals surface area contributed by atoms with Gasteiger partial charge in [-0.2, -0.15) is 0 Å². The average molecular weight is 180 g/mol. The van der Waals surface area contributed by atoms with Gasteiger partial charge in [0.25, 0.3) is 0 Å². The highest BCUT2D eigenvalue weighted by atomic mass is 16.4. The lowest BCUT2D eigenvalue weighted by Crippen LogP contribution is -1.96. The average Bonchev–Trinajstić information content (AvgIpc) is 2.82. The lowest BCUT2D eigenvalue weighted by atomic mass is 10.1. The number of aliphatic hydroxyl groups is 1. The van der Waals surface area contributed by atoms with E-state index in [1.54, 1.807) is 0 Å². The van der Waals surface area contributed by atoms with Crippen LogP contribution < -0.4 is 0 Å². The molecule has 0 bridgehead atoms. The van der Waals surface area contributed by atoms with Crippen LogP contribution in [0.3, 0.4) is 0 Å². The summed E-state index contributed by atoms with van der Waals surface area (Å²) < 4.78 is 5.47. The number of aliphatic hydroxyl groups excluding tert-OH is 1. The van der Waals surface area contributed by atoms with Gasteiger partial charge in [0, 0.05) is 6.42 Å². The van der Waals surface area contributed by atoms with Crippen LogP contribution in [-0.4, -0.2) is 5.11 Å². The van der Waals surface area contributed by atoms with E-state index in [2.05, 4.69) is 6.92 Å². The molecule has 1 aromatic rings. The van der Waals surface area contributed by atoms with Gasteiger partial charge in [-0.15, -0.1) is 0 Å². The van der Waals surface area contributed by atoms with Gasteiger partial charge in [0.1, 0.15) is 17.6 Å². The van der Waals surface area contributed by atoms with Crippen LogP contribution in [0.25, 0.3) is 0 Å². The molecular formula is C11H16O2. The van der Waals surface area contributed by atoms with Crippen LogP contribution in [0.5, 0.6) is 0 Å². The first-order chi connectivity index (χ1) is 6.29. The molecule has 2 rings (SSSR count). The van der Waals surface area contributed by atoms with Crippen molar-refractivity contribution in [3.63, 3.8) is 0 Å². The van der Waals surface area contributed by atoms with E-state index >= 15 is 0 Å². The largest absolute Gasteiger partial charge is 0.463 e. The molecule has 0 amide bonds. The number of hydrogen-bond acceptors (Lipinski definition) is 2. The number of furan rings is 1. The van der Waals surface area contributed by atoms with E-state index in [-0.39, 0.29) is 6.10 Å². The maximum Gasteiger partial charge on any atom is 0.132 e. The molecule has 1 aliphatic rings. The molecule has 1 unspecified atom stereocenters. The summed E-state index contributed by atoms with van der Waals surface area (Å²) in [7, 11) is 0. The van der Waals surface area contributed by atoms with Gasteiger partial charge in [0.05, 0.1) is 0 Å². The van der Waals surface area contributed by atoms with E-state index < -0.39 is 0 Å². The van der Waals surface area contributed by atoms with Crippen molar-refractivity contribution in [1.29, 1.82) is 0 Å². The first kappa shape index (κ1) is 8.82. The second-order valence-corrected chi connectivity index (χ2v) is 3.85. The van der Waals surface area contributed by atoms with Crippen LogP contribution in [0.1, 0.15) is 43.8 Å². The third-order valence-electron chi connectivity index (χ3n) is 2.61. The zero-order chi connectivity index (χ0) is 9.26. The summed E-state index contributed by atoms with van der Waals surface area (Å²) in [6.45, 7) is 2.05. The highest BCUT2D eigenvalue weighted by Crippen LogP contribution is 2.37. The molecule has 1 saturated carbocycles. The van der Waals surface area contributed by atoms with Gasteiger partial charge in [-0.3, -0.25) is 0 Å². The minimum atomic E-state index is -0.382. The van der Waals surface area contributed by atoms with E-state index in [1.165, 1.54) is 12.8 Å². The Kier molecular flexibility index (Phi) is 2.40. The first-order valence-corrected chi connectivity index (χ1v) is 5.06. The Morgan fingerprint density at radius 2 is 2.31 bits per heavy atom. The molecule has 0 aromatic carbocycles. The molecule has 1 aromatic heterocycles. The normalized spacial score (nSPS) is 18.9. The fourth-order valence-electron chi connectivity index (χ4n) is 1.55. The molecule has 0 aliphatic heterocycles. The molecule has 1 atom stereocenters. The highest BCUT2D eigenvalue weighted by molar-refractivity contribution is 5.09. The summed E-state index contributed by atoms with van der Waals surface area (Å²) in [6, 6.07) is 3.84. The fourth-order valence-corrected chi connectivity index (χ4v) is 1.55. The molecule has 1 fully saturated rings. The molecule has 0 spiro atoms. The Balaban J connectivity index is 1.96. The summed E-state index contributed by atoms with van der Waals surface area (Å²) in [6.07, 6.45) is 3.94. The van der Waals surface area contributed by atoms with Gasteiger partial charge < -0.3 is 9.52 Å². The first-order valence-electron chi connectivity index (χ1n) is 5.06. The van der Waals surface area contributed by atoms with Gasteiger partial charge in [0.2, 0.25) is 0 Å². The van der Waals surface area contributed by atoms with Crippen LogP contribution in [0.2, 0.25) is 0 Å². The standard InChI is InChI=1S/C11H16O2/c1-2-9-5-6-11(13-9)10(12)7-8-3-4-8/h5-6,8,10,12H,2-4,7H2,1H3. The minimum Gasteiger partial charge on any atom is -0.463 e. The molecular weight excluding hydrogens is 164 g/mol. The zero-order valence-electron chi connectivity index (χ0n) is 7.99. The molecule has 13 heavy (non-hydrogen) atoms. The Bertz CT molecular complexity index is 273. The molecule has 0 radical (unpaired) electrons. The van der Waals surface area contributed by atoms with Crippen molar-refractivity contribution in [3.05, 3.63) is 23.7 Å². The highest BCUT2D eigenvalue weighted by Gasteiger charge is 2.26. The molecule has 1 heterocycles. The molecule has 72 valence electrons. The molecule has 0 saturated heterocycles. The van der Waals surface area contributed by atoms with Gasteiger partial charge in [0.15, 0.2) is 0 Å². The number of aryl methyl sites for hydroxylation is 1. The molecule has 2 heteroatoms. The monoisotopic (exact) mass is 180 g/mol. The van der Waals surface area contributed by atoms with E-state index in [0.29, 0.717) is 0 Å². The van der Waals surface area contributed by atoms with Gasteiger partial charge >= 0.3 is 0 Å². The van der Waals surface area contributed by atoms with E-state index in [4.69, 9.17) is 4.42 Å². The summed E-state index contributed by atoms with van der Waals surface area (Å²) in [4.78, 5) is 0. The Labute approximate surface area is 78.6 Å². The van der Waals surface area contributed by atoms with Gasteiger partial charge in [-0.25, -0.2) is 0 Å². The second kappa shape index (κ2) is 3.54. The SMILES string of the molecule is CCc1ccc(C(O)CC2CC2)o1. The Hall–Kier alpha value is -0.760. The molecule has 1 N–H and O–H groups in total. The Morgan fingerprint density at radius 1 is 1.54 bits per heavy atom. The van der Waals surface area contributed by atoms with Crippen molar-refractivity contribution >= 4 is 0 Å². The van der Waals surface area contributed by atoms with Crippen LogP contribution >= 0.6 is 0 Å². The molecule has 1 aliphatic carbocycles. The number of hydrogen-bond donors (Lipinski definition) is 1. The summed E-state index contributed by atoms with van der Waals surface area (Å²) in [5.41, 5.74) is 0. The van der Waals surface area contributed by atoms with E-state index in [0.717, 1.165) is 30.3 Å². The van der Waals surface area contributed by atoms with Gasteiger partial charge in [-0.05, 0) is 24.5 Å². The smallest absolute Gasteiger partial charge is 0.132 e. The summed E-state index contributed by atoms with van der Waals surface area (Å²) in [5.74, 6) is 2.44. The van der Waals surface area contributed by atoms with E-state index in [9.17, 15) is 5.11 Å². The van der Waals surface area contributed by atoms with Crippen LogP contribution in [0.4, 0.5) is 0 Å². The van der Waals surface area contributed by atoms with Crippen molar-refractivity contribution in [2.45, 2.75) is 38.7 Å². The van der Waals surface area contributed by atoms with Crippen LogP contribution in [0.15, 0.2) is 16.5 Å². The Morgan fingerprint density at radius 3 is 2.85 bits per heavy atom. The van der Waals surface area contributed by atoms with Crippen molar-refractivity contribution in [3.8, 4) is 0 Å². The van der Waals surface area contributed by atoms with Crippen molar-refractivity contribution in [2.75, 3.05) is 0 Å². The maximum absolute atomic E-state index is 9.75. The van der Waals surface area contributed by atoms with Crippen LogP contribution in [0, 0.1) is 5.92 Å². The van der Waals surface area contributed by atoms with Crippen molar-refractivity contribution in [1.82, 2.24) is 0 Å². The molecule has 2 nitrogen and oxygen atoms in total. The predicted octanol–water partition coefficient (Wildman–Crippen LogP) is 2.68. The third kappa shape index (κ3) is 2.13. The van der Waals surface area contributed by atoms with Crippen LogP contribution in [-0.2, 0) is 6.42 Å². The fraction of sp³-hybridized carbons (Fsp3) is 0.636. The van der Waals surface area contributed by atoms with Crippen molar-refractivity contribution < 1.29 is 9.52 Å². The summed E-state index contributed by atoms with van der Waals surface area (Å²) >= 11 is 0. The minimum absolute atomic E-state index is 0.382. The quantitative estimate of drug-likeness (QED) is 0.772. The predicted molar refractivity (Wildman–Crippen MR) is 50.4 cm³/mol.